The lowest BCUT2D eigenvalue weighted by Gasteiger charge is -2.27. The monoisotopic (exact) mass is 247 g/mol. The number of nitrogens with one attached hydrogen (secondary N) is 3. The van der Waals surface area contributed by atoms with Crippen LogP contribution in [-0.2, 0) is 0 Å². The van der Waals surface area contributed by atoms with Crippen molar-refractivity contribution in [3.8, 4) is 0 Å². The minimum atomic E-state index is 0.357. The summed E-state index contributed by atoms with van der Waals surface area (Å²) in [6, 6.07) is 11.1. The number of hydrazine groups is 1. The molecule has 3 heteroatoms. The summed E-state index contributed by atoms with van der Waals surface area (Å²) in [5, 5.41) is 3.59. The van der Waals surface area contributed by atoms with Crippen LogP contribution < -0.4 is 16.2 Å². The summed E-state index contributed by atoms with van der Waals surface area (Å²) in [7, 11) is 0. The molecule has 100 valence electrons. The van der Waals surface area contributed by atoms with Gasteiger partial charge in [0.05, 0.1) is 12.2 Å². The van der Waals surface area contributed by atoms with Gasteiger partial charge in [0, 0.05) is 5.92 Å². The van der Waals surface area contributed by atoms with Crippen molar-refractivity contribution in [2.45, 2.75) is 39.4 Å². The average Bonchev–Trinajstić information content (AvgIpc) is 2.81. The summed E-state index contributed by atoms with van der Waals surface area (Å²) < 4.78 is 0. The van der Waals surface area contributed by atoms with Crippen molar-refractivity contribution in [1.82, 2.24) is 16.2 Å². The molecule has 0 aromatic heterocycles. The number of hydrogen-bond acceptors (Lipinski definition) is 3. The Balaban J connectivity index is 2.12. The normalized spacial score (nSPS) is 27.9. The Labute approximate surface area is 110 Å². The molecule has 0 radical (unpaired) electrons. The zero-order valence-corrected chi connectivity index (χ0v) is 11.6. The Morgan fingerprint density at radius 2 is 1.89 bits per heavy atom. The Bertz CT molecular complexity index is 350. The van der Waals surface area contributed by atoms with E-state index in [2.05, 4.69) is 67.3 Å². The van der Waals surface area contributed by atoms with Gasteiger partial charge in [-0.25, -0.2) is 10.9 Å². The average molecular weight is 247 g/mol. The second-order valence-electron chi connectivity index (χ2n) is 5.43. The maximum absolute atomic E-state index is 3.59. The van der Waals surface area contributed by atoms with Gasteiger partial charge in [0.25, 0.3) is 0 Å². The van der Waals surface area contributed by atoms with Gasteiger partial charge < -0.3 is 5.32 Å². The van der Waals surface area contributed by atoms with Crippen LogP contribution in [0, 0.1) is 11.8 Å². The van der Waals surface area contributed by atoms with E-state index in [1.54, 1.807) is 0 Å². The zero-order chi connectivity index (χ0) is 13.0. The second-order valence-corrected chi connectivity index (χ2v) is 5.43. The lowest BCUT2D eigenvalue weighted by molar-refractivity contribution is 0.279. The first-order chi connectivity index (χ1) is 8.74. The van der Waals surface area contributed by atoms with Crippen LogP contribution in [-0.4, -0.2) is 12.7 Å². The van der Waals surface area contributed by atoms with Gasteiger partial charge in [0.1, 0.15) is 0 Å². The van der Waals surface area contributed by atoms with Gasteiger partial charge in [-0.2, -0.15) is 0 Å². The van der Waals surface area contributed by atoms with E-state index in [0.717, 1.165) is 6.54 Å². The van der Waals surface area contributed by atoms with E-state index in [0.29, 0.717) is 24.0 Å². The van der Waals surface area contributed by atoms with Crippen molar-refractivity contribution in [3.63, 3.8) is 0 Å². The maximum atomic E-state index is 3.59. The summed E-state index contributed by atoms with van der Waals surface area (Å²) in [6.07, 6.45) is 1.52. The highest BCUT2D eigenvalue weighted by molar-refractivity contribution is 5.21. The van der Waals surface area contributed by atoms with Crippen LogP contribution in [0.2, 0.25) is 0 Å². The number of benzene rings is 1. The van der Waals surface area contributed by atoms with Gasteiger partial charge in [0.2, 0.25) is 0 Å². The third-order valence-electron chi connectivity index (χ3n) is 3.71. The fraction of sp³-hybridized carbons (Fsp3) is 0.600. The highest BCUT2D eigenvalue weighted by atomic mass is 15.5. The van der Waals surface area contributed by atoms with Crippen LogP contribution in [0.5, 0.6) is 0 Å². The highest BCUT2D eigenvalue weighted by Gasteiger charge is 2.37. The lowest BCUT2D eigenvalue weighted by Crippen LogP contribution is -2.45. The van der Waals surface area contributed by atoms with Crippen molar-refractivity contribution >= 4 is 0 Å². The van der Waals surface area contributed by atoms with Gasteiger partial charge in [-0.3, -0.25) is 0 Å². The van der Waals surface area contributed by atoms with Crippen LogP contribution in [0.1, 0.15) is 38.8 Å². The molecule has 0 saturated carbocycles. The van der Waals surface area contributed by atoms with E-state index < -0.39 is 0 Å². The third kappa shape index (κ3) is 2.91. The van der Waals surface area contributed by atoms with Gasteiger partial charge >= 0.3 is 0 Å². The first kappa shape index (κ1) is 13.5. The van der Waals surface area contributed by atoms with E-state index >= 15 is 0 Å². The fourth-order valence-corrected chi connectivity index (χ4v) is 2.79. The van der Waals surface area contributed by atoms with E-state index in [9.17, 15) is 0 Å². The predicted octanol–water partition coefficient (Wildman–Crippen LogP) is 2.43. The fourth-order valence-electron chi connectivity index (χ4n) is 2.79. The molecule has 1 aromatic rings. The second kappa shape index (κ2) is 6.32. The molecule has 1 aliphatic rings. The Hall–Kier alpha value is -0.900. The van der Waals surface area contributed by atoms with E-state index in [4.69, 9.17) is 0 Å². The number of hydrogen-bond donors (Lipinski definition) is 3. The highest BCUT2D eigenvalue weighted by Crippen LogP contribution is 2.33. The molecule has 0 amide bonds. The smallest absolute Gasteiger partial charge is 0.0754 e. The molecule has 1 fully saturated rings. The quantitative estimate of drug-likeness (QED) is 0.748. The van der Waals surface area contributed by atoms with Crippen molar-refractivity contribution in [2.75, 3.05) is 6.54 Å². The SMILES string of the molecule is CCCNC1NNC(c2ccccc2)C1C(C)C. The molecule has 1 aliphatic heterocycles. The van der Waals surface area contributed by atoms with E-state index in [1.807, 2.05) is 0 Å². The minimum absolute atomic E-state index is 0.357. The molecule has 0 aliphatic carbocycles. The molecule has 18 heavy (non-hydrogen) atoms. The Kier molecular flexibility index (Phi) is 4.75. The van der Waals surface area contributed by atoms with Gasteiger partial charge in [-0.1, -0.05) is 51.1 Å². The van der Waals surface area contributed by atoms with Gasteiger partial charge in [0.15, 0.2) is 0 Å². The predicted molar refractivity (Wildman–Crippen MR) is 75.9 cm³/mol. The number of rotatable bonds is 5. The first-order valence-corrected chi connectivity index (χ1v) is 7.03. The summed E-state index contributed by atoms with van der Waals surface area (Å²) in [4.78, 5) is 0. The molecule has 0 bridgehead atoms. The molecule has 1 saturated heterocycles. The summed E-state index contributed by atoms with van der Waals surface area (Å²) in [5.41, 5.74) is 8.23. The molecular weight excluding hydrogens is 222 g/mol. The van der Waals surface area contributed by atoms with Gasteiger partial charge in [-0.05, 0) is 24.4 Å². The molecular formula is C15H25N3. The zero-order valence-electron chi connectivity index (χ0n) is 11.6. The first-order valence-electron chi connectivity index (χ1n) is 7.03. The van der Waals surface area contributed by atoms with Crippen LogP contribution in [0.15, 0.2) is 30.3 Å². The van der Waals surface area contributed by atoms with Crippen LogP contribution in [0.25, 0.3) is 0 Å². The third-order valence-corrected chi connectivity index (χ3v) is 3.71. The van der Waals surface area contributed by atoms with E-state index in [1.165, 1.54) is 12.0 Å². The summed E-state index contributed by atoms with van der Waals surface area (Å²) in [5.74, 6) is 1.20. The minimum Gasteiger partial charge on any atom is -0.301 e. The molecule has 3 nitrogen and oxygen atoms in total. The molecule has 3 atom stereocenters. The molecule has 2 rings (SSSR count). The van der Waals surface area contributed by atoms with Crippen molar-refractivity contribution < 1.29 is 0 Å². The molecule has 3 unspecified atom stereocenters. The summed E-state index contributed by atoms with van der Waals surface area (Å²) >= 11 is 0. The lowest BCUT2D eigenvalue weighted by atomic mass is 9.84. The molecule has 3 N–H and O–H groups in total. The van der Waals surface area contributed by atoms with Crippen LogP contribution in [0.3, 0.4) is 0 Å². The van der Waals surface area contributed by atoms with E-state index in [-0.39, 0.29) is 0 Å². The standard InChI is InChI=1S/C15H25N3/c1-4-10-16-15-13(11(2)3)14(17-18-15)12-8-6-5-7-9-12/h5-9,11,13-18H,4,10H2,1-3H3. The molecule has 1 heterocycles. The molecule has 0 spiro atoms. The summed E-state index contributed by atoms with van der Waals surface area (Å²) in [6.45, 7) is 7.87. The Morgan fingerprint density at radius 3 is 2.50 bits per heavy atom. The topological polar surface area (TPSA) is 36.1 Å². The van der Waals surface area contributed by atoms with Crippen molar-refractivity contribution in [1.29, 1.82) is 0 Å². The van der Waals surface area contributed by atoms with Crippen molar-refractivity contribution in [3.05, 3.63) is 35.9 Å². The molecule has 1 aromatic carbocycles. The van der Waals surface area contributed by atoms with Crippen LogP contribution >= 0.6 is 0 Å². The van der Waals surface area contributed by atoms with Crippen LogP contribution in [0.4, 0.5) is 0 Å². The largest absolute Gasteiger partial charge is 0.301 e. The van der Waals surface area contributed by atoms with Gasteiger partial charge in [-0.15, -0.1) is 0 Å². The van der Waals surface area contributed by atoms with Crippen molar-refractivity contribution in [2.24, 2.45) is 11.8 Å². The Morgan fingerprint density at radius 1 is 1.17 bits per heavy atom. The maximum Gasteiger partial charge on any atom is 0.0754 e.